The van der Waals surface area contributed by atoms with Crippen molar-refractivity contribution in [3.63, 3.8) is 0 Å². The number of hydrogen-bond donors (Lipinski definition) is 1. The Labute approximate surface area is 93.9 Å². The number of benzene rings is 1. The van der Waals surface area contributed by atoms with Crippen LogP contribution in [0.4, 0.5) is 10.1 Å². The number of aromatic nitrogens is 2. The molecule has 0 radical (unpaired) electrons. The van der Waals surface area contributed by atoms with Crippen LogP contribution in [0.2, 0.25) is 0 Å². The average Bonchev–Trinajstić information content (AvgIpc) is 2.67. The smallest absolute Gasteiger partial charge is 0.146 e. The number of halogens is 1. The van der Waals surface area contributed by atoms with Crippen molar-refractivity contribution < 1.29 is 4.39 Å². The lowest BCUT2D eigenvalue weighted by atomic mass is 10.3. The maximum Gasteiger partial charge on any atom is 0.146 e. The van der Waals surface area contributed by atoms with Crippen molar-refractivity contribution >= 4 is 5.69 Å². The van der Waals surface area contributed by atoms with Gasteiger partial charge in [0.2, 0.25) is 0 Å². The monoisotopic (exact) mass is 219 g/mol. The van der Waals surface area contributed by atoms with E-state index in [1.807, 2.05) is 23.7 Å². The van der Waals surface area contributed by atoms with E-state index >= 15 is 0 Å². The molecule has 0 fully saturated rings. The summed E-state index contributed by atoms with van der Waals surface area (Å²) in [6.45, 7) is 3.38. The highest BCUT2D eigenvalue weighted by atomic mass is 19.1. The summed E-state index contributed by atoms with van der Waals surface area (Å²) in [4.78, 5) is 0. The second kappa shape index (κ2) is 4.79. The fourth-order valence-electron chi connectivity index (χ4n) is 1.53. The first-order valence-corrected chi connectivity index (χ1v) is 5.24. The molecule has 1 aromatic heterocycles. The maximum atomic E-state index is 13.2. The van der Waals surface area contributed by atoms with E-state index in [2.05, 4.69) is 10.4 Å². The van der Waals surface area contributed by atoms with Crippen LogP contribution in [0.5, 0.6) is 0 Å². The molecule has 0 saturated carbocycles. The van der Waals surface area contributed by atoms with E-state index in [4.69, 9.17) is 0 Å². The van der Waals surface area contributed by atoms with Crippen LogP contribution in [0.1, 0.15) is 5.69 Å². The third-order valence-electron chi connectivity index (χ3n) is 2.44. The average molecular weight is 219 g/mol. The molecule has 2 aromatic rings. The lowest BCUT2D eigenvalue weighted by Gasteiger charge is -2.08. The van der Waals surface area contributed by atoms with Crippen LogP contribution >= 0.6 is 0 Å². The zero-order valence-electron chi connectivity index (χ0n) is 9.15. The second-order valence-electron chi connectivity index (χ2n) is 3.60. The van der Waals surface area contributed by atoms with Gasteiger partial charge in [0.05, 0.1) is 12.2 Å². The molecule has 1 aromatic carbocycles. The Morgan fingerprint density at radius 3 is 2.81 bits per heavy atom. The van der Waals surface area contributed by atoms with Crippen molar-refractivity contribution in [3.05, 3.63) is 48.0 Å². The molecule has 0 aliphatic rings. The third kappa shape index (κ3) is 2.39. The van der Waals surface area contributed by atoms with Crippen LogP contribution in [0, 0.1) is 12.7 Å². The van der Waals surface area contributed by atoms with E-state index in [1.165, 1.54) is 6.07 Å². The molecule has 2 rings (SSSR count). The van der Waals surface area contributed by atoms with Gasteiger partial charge in [-0.05, 0) is 25.1 Å². The van der Waals surface area contributed by atoms with E-state index in [1.54, 1.807) is 18.3 Å². The summed E-state index contributed by atoms with van der Waals surface area (Å²) in [7, 11) is 0. The number of anilines is 1. The molecular weight excluding hydrogens is 205 g/mol. The van der Waals surface area contributed by atoms with Crippen molar-refractivity contribution in [2.24, 2.45) is 0 Å². The summed E-state index contributed by atoms with van der Waals surface area (Å²) < 4.78 is 15.1. The molecule has 0 unspecified atom stereocenters. The van der Waals surface area contributed by atoms with Crippen LogP contribution in [0.3, 0.4) is 0 Å². The Morgan fingerprint density at radius 1 is 1.31 bits per heavy atom. The van der Waals surface area contributed by atoms with Crippen molar-refractivity contribution in [2.45, 2.75) is 13.5 Å². The molecule has 0 atom stereocenters. The number of para-hydroxylation sites is 1. The normalized spacial score (nSPS) is 10.4. The highest BCUT2D eigenvalue weighted by Gasteiger charge is 2.00. The van der Waals surface area contributed by atoms with E-state index in [0.29, 0.717) is 12.2 Å². The zero-order valence-corrected chi connectivity index (χ0v) is 9.15. The quantitative estimate of drug-likeness (QED) is 0.856. The van der Waals surface area contributed by atoms with E-state index in [-0.39, 0.29) is 5.82 Å². The maximum absolute atomic E-state index is 13.2. The molecule has 0 bridgehead atoms. The van der Waals surface area contributed by atoms with Gasteiger partial charge in [-0.25, -0.2) is 4.39 Å². The highest BCUT2D eigenvalue weighted by Crippen LogP contribution is 2.11. The summed E-state index contributed by atoms with van der Waals surface area (Å²) in [5.74, 6) is -0.223. The van der Waals surface area contributed by atoms with Gasteiger partial charge in [0.1, 0.15) is 5.82 Å². The molecule has 1 heterocycles. The Balaban J connectivity index is 1.89. The van der Waals surface area contributed by atoms with Gasteiger partial charge < -0.3 is 5.32 Å². The summed E-state index contributed by atoms with van der Waals surface area (Å²) in [6.07, 6.45) is 1.76. The second-order valence-corrected chi connectivity index (χ2v) is 3.60. The van der Waals surface area contributed by atoms with Gasteiger partial charge in [0.15, 0.2) is 0 Å². The predicted octanol–water partition coefficient (Wildman–Crippen LogP) is 2.44. The fourth-order valence-corrected chi connectivity index (χ4v) is 1.53. The summed E-state index contributed by atoms with van der Waals surface area (Å²) >= 11 is 0. The topological polar surface area (TPSA) is 29.9 Å². The summed E-state index contributed by atoms with van der Waals surface area (Å²) in [5.41, 5.74) is 1.64. The molecule has 0 aliphatic heterocycles. The van der Waals surface area contributed by atoms with Crippen molar-refractivity contribution in [3.8, 4) is 0 Å². The molecule has 0 spiro atoms. The SMILES string of the molecule is Cc1ccnn1CCNc1ccccc1F. The Hall–Kier alpha value is -1.84. The Kier molecular flexibility index (Phi) is 3.19. The van der Waals surface area contributed by atoms with Crippen molar-refractivity contribution in [1.29, 1.82) is 0 Å². The molecule has 84 valence electrons. The van der Waals surface area contributed by atoms with Gasteiger partial charge in [-0.3, -0.25) is 4.68 Å². The number of nitrogens with zero attached hydrogens (tertiary/aromatic N) is 2. The molecule has 0 aliphatic carbocycles. The molecule has 1 N–H and O–H groups in total. The third-order valence-corrected chi connectivity index (χ3v) is 2.44. The molecule has 4 heteroatoms. The van der Waals surface area contributed by atoms with Crippen LogP contribution < -0.4 is 5.32 Å². The molecule has 3 nitrogen and oxygen atoms in total. The first-order chi connectivity index (χ1) is 7.77. The number of hydrogen-bond acceptors (Lipinski definition) is 2. The van der Waals surface area contributed by atoms with Crippen LogP contribution in [0.25, 0.3) is 0 Å². The lowest BCUT2D eigenvalue weighted by Crippen LogP contribution is -2.13. The minimum atomic E-state index is -0.223. The van der Waals surface area contributed by atoms with E-state index in [9.17, 15) is 4.39 Å². The standard InChI is InChI=1S/C12H14FN3/c1-10-6-7-15-16(10)9-8-14-12-5-3-2-4-11(12)13/h2-7,14H,8-9H2,1H3. The lowest BCUT2D eigenvalue weighted by molar-refractivity contribution is 0.609. The van der Waals surface area contributed by atoms with Gasteiger partial charge in [-0.1, -0.05) is 12.1 Å². The highest BCUT2D eigenvalue weighted by molar-refractivity contribution is 5.44. The minimum Gasteiger partial charge on any atom is -0.381 e. The fraction of sp³-hybridized carbons (Fsp3) is 0.250. The van der Waals surface area contributed by atoms with Gasteiger partial charge >= 0.3 is 0 Å². The number of nitrogens with one attached hydrogen (secondary N) is 1. The number of aryl methyl sites for hydroxylation is 1. The summed E-state index contributed by atoms with van der Waals surface area (Å²) in [6, 6.07) is 8.61. The van der Waals surface area contributed by atoms with Gasteiger partial charge in [-0.2, -0.15) is 5.10 Å². The molecular formula is C12H14FN3. The van der Waals surface area contributed by atoms with Crippen molar-refractivity contribution in [2.75, 3.05) is 11.9 Å². The minimum absolute atomic E-state index is 0.223. The molecule has 0 saturated heterocycles. The predicted molar refractivity (Wildman–Crippen MR) is 61.9 cm³/mol. The first kappa shape index (κ1) is 10.7. The first-order valence-electron chi connectivity index (χ1n) is 5.24. The van der Waals surface area contributed by atoms with Crippen molar-refractivity contribution in [1.82, 2.24) is 9.78 Å². The van der Waals surface area contributed by atoms with E-state index < -0.39 is 0 Å². The van der Waals surface area contributed by atoms with Crippen LogP contribution in [0.15, 0.2) is 36.5 Å². The number of rotatable bonds is 4. The molecule has 16 heavy (non-hydrogen) atoms. The van der Waals surface area contributed by atoms with Crippen LogP contribution in [-0.2, 0) is 6.54 Å². The largest absolute Gasteiger partial charge is 0.381 e. The van der Waals surface area contributed by atoms with Gasteiger partial charge in [0.25, 0.3) is 0 Å². The molecule has 0 amide bonds. The van der Waals surface area contributed by atoms with Gasteiger partial charge in [0, 0.05) is 18.4 Å². The zero-order chi connectivity index (χ0) is 11.4. The van der Waals surface area contributed by atoms with E-state index in [0.717, 1.165) is 12.2 Å². The van der Waals surface area contributed by atoms with Crippen LogP contribution in [-0.4, -0.2) is 16.3 Å². The summed E-state index contributed by atoms with van der Waals surface area (Å²) in [5, 5.41) is 7.19. The Morgan fingerprint density at radius 2 is 2.12 bits per heavy atom. The Bertz CT molecular complexity index is 465. The van der Waals surface area contributed by atoms with Gasteiger partial charge in [-0.15, -0.1) is 0 Å².